The smallest absolute Gasteiger partial charge is 0.123 e. The van der Waals surface area contributed by atoms with E-state index in [0.717, 1.165) is 11.5 Å². The van der Waals surface area contributed by atoms with Gasteiger partial charge in [-0.3, -0.25) is 11.3 Å². The lowest BCUT2D eigenvalue weighted by atomic mass is 9.75. The normalized spacial score (nSPS) is 25.9. The van der Waals surface area contributed by atoms with E-state index in [9.17, 15) is 4.39 Å². The molecule has 1 aliphatic carbocycles. The van der Waals surface area contributed by atoms with Gasteiger partial charge >= 0.3 is 0 Å². The summed E-state index contributed by atoms with van der Waals surface area (Å²) in [5.74, 6) is 6.91. The number of hydrazine groups is 1. The van der Waals surface area contributed by atoms with Crippen LogP contribution in [-0.4, -0.2) is 0 Å². The fourth-order valence-electron chi connectivity index (χ4n) is 3.18. The van der Waals surface area contributed by atoms with Gasteiger partial charge in [0.25, 0.3) is 0 Å². The van der Waals surface area contributed by atoms with Gasteiger partial charge < -0.3 is 0 Å². The minimum atomic E-state index is -0.190. The lowest BCUT2D eigenvalue weighted by Gasteiger charge is -2.34. The van der Waals surface area contributed by atoms with Gasteiger partial charge in [0.15, 0.2) is 0 Å². The molecule has 1 aromatic rings. The molecule has 18 heavy (non-hydrogen) atoms. The summed E-state index contributed by atoms with van der Waals surface area (Å²) in [4.78, 5) is 0. The lowest BCUT2D eigenvalue weighted by Crippen LogP contribution is -2.35. The summed E-state index contributed by atoms with van der Waals surface area (Å²) in [7, 11) is 0. The summed E-state index contributed by atoms with van der Waals surface area (Å²) in [6, 6.07) is 6.87. The van der Waals surface area contributed by atoms with Gasteiger partial charge in [-0.15, -0.1) is 0 Å². The Morgan fingerprint density at radius 2 is 2.06 bits per heavy atom. The van der Waals surface area contributed by atoms with Crippen LogP contribution in [0, 0.1) is 17.7 Å². The molecular formula is C15H23FN2. The molecule has 0 aliphatic heterocycles. The van der Waals surface area contributed by atoms with Crippen LogP contribution in [0.4, 0.5) is 4.39 Å². The highest BCUT2D eigenvalue weighted by molar-refractivity contribution is 5.20. The van der Waals surface area contributed by atoms with Gasteiger partial charge in [0.05, 0.1) is 0 Å². The highest BCUT2D eigenvalue weighted by atomic mass is 19.1. The second kappa shape index (κ2) is 6.30. The lowest BCUT2D eigenvalue weighted by molar-refractivity contribution is 0.210. The maximum absolute atomic E-state index is 13.0. The number of benzene rings is 1. The van der Waals surface area contributed by atoms with Crippen molar-refractivity contribution in [1.82, 2.24) is 5.43 Å². The first kappa shape index (κ1) is 13.5. The monoisotopic (exact) mass is 250 g/mol. The van der Waals surface area contributed by atoms with E-state index in [4.69, 9.17) is 5.84 Å². The molecule has 3 atom stereocenters. The van der Waals surface area contributed by atoms with Crippen molar-refractivity contribution < 1.29 is 4.39 Å². The van der Waals surface area contributed by atoms with Gasteiger partial charge in [0, 0.05) is 6.04 Å². The molecule has 0 amide bonds. The van der Waals surface area contributed by atoms with Crippen molar-refractivity contribution in [3.63, 3.8) is 0 Å². The van der Waals surface area contributed by atoms with Gasteiger partial charge in [0.1, 0.15) is 5.82 Å². The second-order valence-corrected chi connectivity index (χ2v) is 5.40. The molecule has 2 nitrogen and oxygen atoms in total. The van der Waals surface area contributed by atoms with Crippen LogP contribution in [0.3, 0.4) is 0 Å². The van der Waals surface area contributed by atoms with Crippen molar-refractivity contribution >= 4 is 0 Å². The topological polar surface area (TPSA) is 38.0 Å². The third kappa shape index (κ3) is 3.09. The van der Waals surface area contributed by atoms with E-state index in [-0.39, 0.29) is 11.9 Å². The highest BCUT2D eigenvalue weighted by Gasteiger charge is 2.28. The van der Waals surface area contributed by atoms with Gasteiger partial charge in [-0.05, 0) is 42.4 Å². The molecule has 0 aromatic heterocycles. The molecule has 3 unspecified atom stereocenters. The van der Waals surface area contributed by atoms with E-state index in [1.54, 1.807) is 0 Å². The molecule has 1 aromatic carbocycles. The SMILES string of the molecule is CCC1CCCC(C(NN)c2ccc(F)cc2)C1. The third-order valence-electron chi connectivity index (χ3n) is 4.28. The Morgan fingerprint density at radius 3 is 2.67 bits per heavy atom. The zero-order valence-corrected chi connectivity index (χ0v) is 11.0. The Balaban J connectivity index is 2.10. The van der Waals surface area contributed by atoms with Crippen LogP contribution < -0.4 is 11.3 Å². The van der Waals surface area contributed by atoms with E-state index >= 15 is 0 Å². The number of hydrogen-bond acceptors (Lipinski definition) is 2. The first-order chi connectivity index (χ1) is 8.74. The Hall–Kier alpha value is -0.930. The fourth-order valence-corrected chi connectivity index (χ4v) is 3.18. The number of hydrogen-bond donors (Lipinski definition) is 2. The Morgan fingerprint density at radius 1 is 1.33 bits per heavy atom. The van der Waals surface area contributed by atoms with Crippen molar-refractivity contribution in [2.45, 2.75) is 45.1 Å². The maximum atomic E-state index is 13.0. The Kier molecular flexibility index (Phi) is 4.72. The number of nitrogens with two attached hydrogens (primary N) is 1. The number of halogens is 1. The molecule has 1 aliphatic rings. The van der Waals surface area contributed by atoms with Crippen LogP contribution in [0.15, 0.2) is 24.3 Å². The summed E-state index contributed by atoms with van der Waals surface area (Å²) < 4.78 is 13.0. The first-order valence-electron chi connectivity index (χ1n) is 6.96. The summed E-state index contributed by atoms with van der Waals surface area (Å²) >= 11 is 0. The van der Waals surface area contributed by atoms with Gasteiger partial charge in [-0.2, -0.15) is 0 Å². The van der Waals surface area contributed by atoms with Crippen LogP contribution in [0.2, 0.25) is 0 Å². The van der Waals surface area contributed by atoms with E-state index in [2.05, 4.69) is 12.3 Å². The highest BCUT2D eigenvalue weighted by Crippen LogP contribution is 2.38. The molecular weight excluding hydrogens is 227 g/mol. The molecule has 1 saturated carbocycles. The molecule has 0 spiro atoms. The average Bonchev–Trinajstić information content (AvgIpc) is 2.42. The minimum Gasteiger partial charge on any atom is -0.271 e. The first-order valence-corrected chi connectivity index (χ1v) is 6.96. The van der Waals surface area contributed by atoms with Crippen molar-refractivity contribution in [1.29, 1.82) is 0 Å². The fraction of sp³-hybridized carbons (Fsp3) is 0.600. The third-order valence-corrected chi connectivity index (χ3v) is 4.28. The molecule has 0 bridgehead atoms. The summed E-state index contributed by atoms with van der Waals surface area (Å²) in [6.45, 7) is 2.26. The maximum Gasteiger partial charge on any atom is 0.123 e. The average molecular weight is 250 g/mol. The standard InChI is InChI=1S/C15H23FN2/c1-2-11-4-3-5-13(10-11)15(18-17)12-6-8-14(16)9-7-12/h6-9,11,13,15,18H,2-5,10,17H2,1H3. The Bertz CT molecular complexity index is 363. The molecule has 0 radical (unpaired) electrons. The van der Waals surface area contributed by atoms with Crippen molar-refractivity contribution in [3.8, 4) is 0 Å². The molecule has 2 rings (SSSR count). The quantitative estimate of drug-likeness (QED) is 0.633. The van der Waals surface area contributed by atoms with Crippen LogP contribution in [0.25, 0.3) is 0 Å². The zero-order valence-electron chi connectivity index (χ0n) is 11.0. The summed E-state index contributed by atoms with van der Waals surface area (Å²) in [5.41, 5.74) is 4.03. The minimum absolute atomic E-state index is 0.153. The van der Waals surface area contributed by atoms with E-state index < -0.39 is 0 Å². The zero-order chi connectivity index (χ0) is 13.0. The van der Waals surface area contributed by atoms with Gasteiger partial charge in [0.2, 0.25) is 0 Å². The second-order valence-electron chi connectivity index (χ2n) is 5.40. The van der Waals surface area contributed by atoms with E-state index in [1.807, 2.05) is 12.1 Å². The van der Waals surface area contributed by atoms with E-state index in [0.29, 0.717) is 5.92 Å². The van der Waals surface area contributed by atoms with Crippen LogP contribution in [-0.2, 0) is 0 Å². The van der Waals surface area contributed by atoms with Crippen molar-refractivity contribution in [2.75, 3.05) is 0 Å². The largest absolute Gasteiger partial charge is 0.271 e. The molecule has 0 heterocycles. The predicted molar refractivity (Wildman–Crippen MR) is 72.2 cm³/mol. The molecule has 3 N–H and O–H groups in total. The molecule has 100 valence electrons. The van der Waals surface area contributed by atoms with E-state index in [1.165, 1.54) is 44.2 Å². The predicted octanol–water partition coefficient (Wildman–Crippen LogP) is 3.55. The molecule has 3 heteroatoms. The van der Waals surface area contributed by atoms with Crippen molar-refractivity contribution in [2.24, 2.45) is 17.7 Å². The van der Waals surface area contributed by atoms with Crippen LogP contribution in [0.5, 0.6) is 0 Å². The van der Waals surface area contributed by atoms with Gasteiger partial charge in [-0.1, -0.05) is 38.3 Å². The van der Waals surface area contributed by atoms with Gasteiger partial charge in [-0.25, -0.2) is 4.39 Å². The summed E-state index contributed by atoms with van der Waals surface area (Å²) in [5, 5.41) is 0. The summed E-state index contributed by atoms with van der Waals surface area (Å²) in [6.07, 6.45) is 6.30. The van der Waals surface area contributed by atoms with Crippen LogP contribution >= 0.6 is 0 Å². The molecule has 0 saturated heterocycles. The van der Waals surface area contributed by atoms with Crippen molar-refractivity contribution in [3.05, 3.63) is 35.6 Å². The number of nitrogens with one attached hydrogen (secondary N) is 1. The number of rotatable bonds is 4. The molecule has 1 fully saturated rings. The Labute approximate surface area is 109 Å². The van der Waals surface area contributed by atoms with Crippen LogP contribution in [0.1, 0.15) is 50.6 Å².